The molecular formula is C35H32ClN3O5S. The fraction of sp³-hybridized carbons (Fsp3) is 0.229. The highest BCUT2D eigenvalue weighted by atomic mass is 35.5. The second-order valence-corrected chi connectivity index (χ2v) is 11.9. The fourth-order valence-corrected chi connectivity index (χ4v) is 6.94. The van der Waals surface area contributed by atoms with E-state index in [-0.39, 0.29) is 12.2 Å². The van der Waals surface area contributed by atoms with Gasteiger partial charge in [-0.1, -0.05) is 65.4 Å². The van der Waals surface area contributed by atoms with Crippen LogP contribution in [0.1, 0.15) is 43.5 Å². The number of hydrogen-bond donors (Lipinski definition) is 0. The first-order chi connectivity index (χ1) is 21.8. The first kappa shape index (κ1) is 30.4. The molecule has 1 atom stereocenters. The van der Waals surface area contributed by atoms with Crippen molar-refractivity contribution in [1.29, 1.82) is 0 Å². The average Bonchev–Trinajstić information content (AvgIpc) is 3.53. The number of methoxy groups -OCH3 is 1. The number of fused-ring (bicyclic) bond motifs is 2. The number of nitrogens with zero attached hydrogens (tertiary/aromatic N) is 3. The number of rotatable bonds is 9. The first-order valence-electron chi connectivity index (χ1n) is 14.7. The summed E-state index contributed by atoms with van der Waals surface area (Å²) in [5.41, 5.74) is 4.14. The van der Waals surface area contributed by atoms with E-state index in [2.05, 4.69) is 10.6 Å². The quantitative estimate of drug-likeness (QED) is 0.188. The topological polar surface area (TPSA) is 84.1 Å². The minimum Gasteiger partial charge on any atom is -0.493 e. The summed E-state index contributed by atoms with van der Waals surface area (Å²) in [5.74, 6) is 0.554. The van der Waals surface area contributed by atoms with Crippen molar-refractivity contribution < 1.29 is 19.0 Å². The van der Waals surface area contributed by atoms with Gasteiger partial charge in [-0.3, -0.25) is 9.36 Å². The van der Waals surface area contributed by atoms with Crippen LogP contribution in [0.3, 0.4) is 0 Å². The molecule has 3 heterocycles. The molecule has 0 spiro atoms. The zero-order valence-corrected chi connectivity index (χ0v) is 26.9. The molecule has 2 aromatic heterocycles. The van der Waals surface area contributed by atoms with Crippen molar-refractivity contribution in [2.24, 2.45) is 4.99 Å². The fourth-order valence-electron chi connectivity index (χ4n) is 5.71. The maximum atomic E-state index is 14.3. The predicted octanol–water partition coefficient (Wildman–Crippen LogP) is 5.86. The van der Waals surface area contributed by atoms with Gasteiger partial charge in [-0.15, -0.1) is 0 Å². The lowest BCUT2D eigenvalue weighted by atomic mass is 9.95. The van der Waals surface area contributed by atoms with Crippen molar-refractivity contribution in [3.8, 4) is 11.5 Å². The molecule has 6 rings (SSSR count). The Labute approximate surface area is 269 Å². The van der Waals surface area contributed by atoms with Crippen LogP contribution in [0.5, 0.6) is 11.5 Å². The molecule has 0 saturated heterocycles. The van der Waals surface area contributed by atoms with E-state index < -0.39 is 12.0 Å². The van der Waals surface area contributed by atoms with Gasteiger partial charge in [0.15, 0.2) is 16.3 Å². The largest absolute Gasteiger partial charge is 0.493 e. The van der Waals surface area contributed by atoms with Crippen LogP contribution >= 0.6 is 22.9 Å². The van der Waals surface area contributed by atoms with Gasteiger partial charge >= 0.3 is 5.97 Å². The Kier molecular flexibility index (Phi) is 8.65. The van der Waals surface area contributed by atoms with Gasteiger partial charge in [0, 0.05) is 34.2 Å². The lowest BCUT2D eigenvalue weighted by Crippen LogP contribution is -2.40. The summed E-state index contributed by atoms with van der Waals surface area (Å²) >= 11 is 7.78. The lowest BCUT2D eigenvalue weighted by molar-refractivity contribution is -0.139. The standard InChI is InChI=1S/C35H32ClN3O5S/c1-5-43-29-17-22(15-16-28(29)42-4)32-31(34(41)44-6-2)21(3)37-35-39(32)33(40)30(45-35)18-24-20-38(27-14-10-8-12-25(24)27)19-23-11-7-9-13-26(23)36/h7-18,20,32H,5-6,19H2,1-4H3/b30-18-/t32-/m0/s1. The van der Waals surface area contributed by atoms with Gasteiger partial charge in [0.05, 0.1) is 42.2 Å². The average molecular weight is 642 g/mol. The van der Waals surface area contributed by atoms with Crippen LogP contribution in [0.4, 0.5) is 0 Å². The second-order valence-electron chi connectivity index (χ2n) is 10.5. The molecule has 0 N–H and O–H groups in total. The Hall–Kier alpha value is -4.60. The lowest BCUT2D eigenvalue weighted by Gasteiger charge is -2.25. The maximum Gasteiger partial charge on any atom is 0.338 e. The summed E-state index contributed by atoms with van der Waals surface area (Å²) in [6, 6.07) is 20.5. The van der Waals surface area contributed by atoms with E-state index in [0.717, 1.165) is 22.0 Å². The zero-order valence-electron chi connectivity index (χ0n) is 25.4. The molecular weight excluding hydrogens is 610 g/mol. The summed E-state index contributed by atoms with van der Waals surface area (Å²) in [6.45, 7) is 6.60. The Morgan fingerprint density at radius 3 is 2.58 bits per heavy atom. The number of ether oxygens (including phenoxy) is 3. The monoisotopic (exact) mass is 641 g/mol. The number of esters is 1. The second kappa shape index (κ2) is 12.8. The van der Waals surface area contributed by atoms with Crippen molar-refractivity contribution in [2.45, 2.75) is 33.4 Å². The van der Waals surface area contributed by atoms with Gasteiger partial charge in [-0.25, -0.2) is 9.79 Å². The predicted molar refractivity (Wildman–Crippen MR) is 177 cm³/mol. The summed E-state index contributed by atoms with van der Waals surface area (Å²) in [5, 5.41) is 1.70. The highest BCUT2D eigenvalue weighted by Crippen LogP contribution is 2.36. The van der Waals surface area contributed by atoms with Crippen LogP contribution < -0.4 is 24.4 Å². The first-order valence-corrected chi connectivity index (χ1v) is 15.9. The smallest absolute Gasteiger partial charge is 0.338 e. The zero-order chi connectivity index (χ0) is 31.7. The van der Waals surface area contributed by atoms with Crippen molar-refractivity contribution in [3.05, 3.63) is 126 Å². The van der Waals surface area contributed by atoms with E-state index in [1.165, 1.54) is 11.3 Å². The molecule has 10 heteroatoms. The van der Waals surface area contributed by atoms with Crippen molar-refractivity contribution in [2.75, 3.05) is 20.3 Å². The Morgan fingerprint density at radius 2 is 1.82 bits per heavy atom. The molecule has 0 radical (unpaired) electrons. The minimum absolute atomic E-state index is 0.192. The summed E-state index contributed by atoms with van der Waals surface area (Å²) in [6.07, 6.45) is 3.94. The number of aromatic nitrogens is 2. The summed E-state index contributed by atoms with van der Waals surface area (Å²) in [7, 11) is 1.57. The van der Waals surface area contributed by atoms with Crippen LogP contribution in [0.25, 0.3) is 17.0 Å². The van der Waals surface area contributed by atoms with Crippen molar-refractivity contribution in [1.82, 2.24) is 9.13 Å². The van der Waals surface area contributed by atoms with Crippen molar-refractivity contribution in [3.63, 3.8) is 0 Å². The number of carbonyl (C=O) groups excluding carboxylic acids is 1. The summed E-state index contributed by atoms with van der Waals surface area (Å²) < 4.78 is 21.0. The van der Waals surface area contributed by atoms with Crippen LogP contribution in [0.15, 0.2) is 94.0 Å². The number of benzene rings is 3. The van der Waals surface area contributed by atoms with E-state index in [4.69, 9.17) is 30.8 Å². The number of carbonyl (C=O) groups is 1. The SMILES string of the molecule is CCOC(=O)C1=C(C)N=c2s/c(=C\c3cn(Cc4ccccc4Cl)c4ccccc34)c(=O)n2[C@H]1c1ccc(OC)c(OCC)c1. The molecule has 5 aromatic rings. The molecule has 0 aliphatic carbocycles. The van der Waals surface area contributed by atoms with E-state index in [1.54, 1.807) is 31.6 Å². The van der Waals surface area contributed by atoms with E-state index in [0.29, 0.717) is 55.8 Å². The molecule has 0 saturated carbocycles. The molecule has 1 aliphatic rings. The third kappa shape index (κ3) is 5.69. The Bertz CT molecular complexity index is 2140. The van der Waals surface area contributed by atoms with Gasteiger partial charge < -0.3 is 18.8 Å². The minimum atomic E-state index is -0.769. The highest BCUT2D eigenvalue weighted by molar-refractivity contribution is 7.07. The molecule has 0 bridgehead atoms. The van der Waals surface area contributed by atoms with Gasteiger partial charge in [0.2, 0.25) is 0 Å². The number of halogens is 1. The van der Waals surface area contributed by atoms with Gasteiger partial charge in [-0.2, -0.15) is 0 Å². The molecule has 3 aromatic carbocycles. The summed E-state index contributed by atoms with van der Waals surface area (Å²) in [4.78, 5) is 32.8. The van der Waals surface area contributed by atoms with Crippen LogP contribution in [-0.4, -0.2) is 35.4 Å². The maximum absolute atomic E-state index is 14.3. The normalized spacial score (nSPS) is 14.8. The molecule has 45 heavy (non-hydrogen) atoms. The van der Waals surface area contributed by atoms with E-state index in [9.17, 15) is 9.59 Å². The Morgan fingerprint density at radius 1 is 1.04 bits per heavy atom. The molecule has 230 valence electrons. The number of para-hydroxylation sites is 1. The van der Waals surface area contributed by atoms with Crippen LogP contribution in [0, 0.1) is 0 Å². The molecule has 0 unspecified atom stereocenters. The van der Waals surface area contributed by atoms with Gasteiger partial charge in [0.1, 0.15) is 0 Å². The number of thiazole rings is 1. The number of hydrogen-bond acceptors (Lipinski definition) is 7. The third-order valence-electron chi connectivity index (χ3n) is 7.72. The molecule has 0 fully saturated rings. The van der Waals surface area contributed by atoms with Gasteiger partial charge in [-0.05, 0) is 62.2 Å². The van der Waals surface area contributed by atoms with E-state index >= 15 is 0 Å². The van der Waals surface area contributed by atoms with Crippen LogP contribution in [-0.2, 0) is 16.1 Å². The molecule has 0 amide bonds. The Balaban J connectivity index is 1.53. The number of allylic oxidation sites excluding steroid dienone is 1. The van der Waals surface area contributed by atoms with Gasteiger partial charge in [0.25, 0.3) is 5.56 Å². The van der Waals surface area contributed by atoms with Crippen molar-refractivity contribution >= 4 is 45.9 Å². The van der Waals surface area contributed by atoms with Crippen LogP contribution in [0.2, 0.25) is 5.02 Å². The third-order valence-corrected chi connectivity index (χ3v) is 9.08. The molecule has 1 aliphatic heterocycles. The van der Waals surface area contributed by atoms with E-state index in [1.807, 2.05) is 73.8 Å². The highest BCUT2D eigenvalue weighted by Gasteiger charge is 2.34. The molecule has 8 nitrogen and oxygen atoms in total.